The van der Waals surface area contributed by atoms with Crippen LogP contribution in [0.3, 0.4) is 0 Å². The number of halogens is 2. The van der Waals surface area contributed by atoms with Crippen LogP contribution in [-0.4, -0.2) is 26.0 Å². The second-order valence-corrected chi connectivity index (χ2v) is 7.81. The molecule has 1 aromatic heterocycles. The Morgan fingerprint density at radius 3 is 2.57 bits per heavy atom. The lowest BCUT2D eigenvalue weighted by atomic mass is 10.3. The van der Waals surface area contributed by atoms with E-state index in [2.05, 4.69) is 0 Å². The SMILES string of the molecule is O=C(O)CN(c1cc(Cl)ccc1Cl)S(=O)(=O)c1cccs1. The zero-order chi connectivity index (χ0) is 15.6. The van der Waals surface area contributed by atoms with Gasteiger partial charge in [-0.05, 0) is 29.6 Å². The minimum atomic E-state index is -4.02. The lowest BCUT2D eigenvalue weighted by molar-refractivity contribution is -0.135. The summed E-state index contributed by atoms with van der Waals surface area (Å²) in [6.07, 6.45) is 0. The first-order valence-corrected chi connectivity index (χ1v) is 8.63. The van der Waals surface area contributed by atoms with Crippen molar-refractivity contribution in [3.05, 3.63) is 45.8 Å². The molecule has 9 heteroatoms. The Morgan fingerprint density at radius 2 is 2.00 bits per heavy atom. The van der Waals surface area contributed by atoms with Crippen molar-refractivity contribution in [3.63, 3.8) is 0 Å². The monoisotopic (exact) mass is 365 g/mol. The molecule has 0 aliphatic carbocycles. The fourth-order valence-electron chi connectivity index (χ4n) is 1.62. The van der Waals surface area contributed by atoms with Gasteiger partial charge in [0, 0.05) is 5.02 Å². The highest BCUT2D eigenvalue weighted by Gasteiger charge is 2.29. The molecule has 21 heavy (non-hydrogen) atoms. The number of hydrogen-bond acceptors (Lipinski definition) is 4. The third-order valence-electron chi connectivity index (χ3n) is 2.50. The molecule has 112 valence electrons. The van der Waals surface area contributed by atoms with E-state index in [-0.39, 0.29) is 19.9 Å². The summed E-state index contributed by atoms with van der Waals surface area (Å²) < 4.78 is 25.9. The van der Waals surface area contributed by atoms with Gasteiger partial charge in [-0.1, -0.05) is 29.3 Å². The van der Waals surface area contributed by atoms with Crippen LogP contribution in [0.5, 0.6) is 0 Å². The molecule has 0 bridgehead atoms. The van der Waals surface area contributed by atoms with E-state index in [0.29, 0.717) is 0 Å². The number of benzene rings is 1. The van der Waals surface area contributed by atoms with Crippen LogP contribution in [0, 0.1) is 0 Å². The van der Waals surface area contributed by atoms with Crippen LogP contribution in [0.25, 0.3) is 0 Å². The van der Waals surface area contributed by atoms with Gasteiger partial charge >= 0.3 is 5.97 Å². The van der Waals surface area contributed by atoms with Crippen molar-refractivity contribution >= 4 is 56.2 Å². The number of thiophene rings is 1. The minimum absolute atomic E-state index is 0.0276. The molecular weight excluding hydrogens is 357 g/mol. The summed E-state index contributed by atoms with van der Waals surface area (Å²) in [7, 11) is -4.02. The number of carbonyl (C=O) groups is 1. The van der Waals surface area contributed by atoms with Gasteiger partial charge in [-0.25, -0.2) is 8.42 Å². The summed E-state index contributed by atoms with van der Waals surface area (Å²) in [4.78, 5) is 11.0. The van der Waals surface area contributed by atoms with Crippen molar-refractivity contribution in [1.82, 2.24) is 0 Å². The molecule has 0 aliphatic rings. The predicted octanol–water partition coefficient (Wildman–Crippen LogP) is 3.33. The largest absolute Gasteiger partial charge is 0.480 e. The summed E-state index contributed by atoms with van der Waals surface area (Å²) in [5.41, 5.74) is 0.0277. The molecule has 0 saturated carbocycles. The molecule has 0 unspecified atom stereocenters. The molecule has 5 nitrogen and oxygen atoms in total. The molecule has 1 heterocycles. The van der Waals surface area contributed by atoms with E-state index >= 15 is 0 Å². The van der Waals surface area contributed by atoms with E-state index < -0.39 is 22.5 Å². The average molecular weight is 366 g/mol. The first-order valence-electron chi connectivity index (χ1n) is 5.55. The Bertz CT molecular complexity index is 760. The Morgan fingerprint density at radius 1 is 1.29 bits per heavy atom. The Hall–Kier alpha value is -1.28. The third-order valence-corrected chi connectivity index (χ3v) is 6.18. The minimum Gasteiger partial charge on any atom is -0.480 e. The van der Waals surface area contributed by atoms with Crippen molar-refractivity contribution in [2.24, 2.45) is 0 Å². The Labute approximate surface area is 135 Å². The van der Waals surface area contributed by atoms with Gasteiger partial charge in [0.1, 0.15) is 10.8 Å². The number of aliphatic carboxylic acids is 1. The standard InChI is InChI=1S/C12H9Cl2NO4S2/c13-8-3-4-9(14)10(6-8)15(7-11(16)17)21(18,19)12-2-1-5-20-12/h1-6H,7H2,(H,16,17). The summed E-state index contributed by atoms with van der Waals surface area (Å²) in [6.45, 7) is -0.750. The maximum absolute atomic E-state index is 12.6. The zero-order valence-electron chi connectivity index (χ0n) is 10.4. The van der Waals surface area contributed by atoms with Gasteiger partial charge in [0.05, 0.1) is 10.7 Å². The maximum Gasteiger partial charge on any atom is 0.324 e. The molecule has 2 rings (SSSR count). The molecule has 0 aliphatic heterocycles. The van der Waals surface area contributed by atoms with E-state index in [4.69, 9.17) is 28.3 Å². The highest BCUT2D eigenvalue weighted by Crippen LogP contribution is 2.33. The van der Waals surface area contributed by atoms with E-state index in [1.54, 1.807) is 11.4 Å². The van der Waals surface area contributed by atoms with E-state index in [1.807, 2.05) is 0 Å². The number of nitrogens with zero attached hydrogens (tertiary/aromatic N) is 1. The molecule has 0 amide bonds. The van der Waals surface area contributed by atoms with Crippen LogP contribution in [-0.2, 0) is 14.8 Å². The lowest BCUT2D eigenvalue weighted by Crippen LogP contribution is -2.35. The van der Waals surface area contributed by atoms with Crippen LogP contribution in [0.2, 0.25) is 10.0 Å². The van der Waals surface area contributed by atoms with Gasteiger partial charge in [0.15, 0.2) is 0 Å². The Balaban J connectivity index is 2.59. The normalized spacial score (nSPS) is 11.3. The van der Waals surface area contributed by atoms with Gasteiger partial charge in [0.25, 0.3) is 10.0 Å². The van der Waals surface area contributed by atoms with Gasteiger partial charge in [-0.2, -0.15) is 0 Å². The van der Waals surface area contributed by atoms with Gasteiger partial charge in [-0.3, -0.25) is 9.10 Å². The van der Waals surface area contributed by atoms with Crippen molar-refractivity contribution < 1.29 is 18.3 Å². The summed E-state index contributed by atoms with van der Waals surface area (Å²) in [6, 6.07) is 7.18. The van der Waals surface area contributed by atoms with Crippen molar-refractivity contribution in [2.75, 3.05) is 10.8 Å². The summed E-state index contributed by atoms with van der Waals surface area (Å²) in [5.74, 6) is -1.30. The average Bonchev–Trinajstić information content (AvgIpc) is 2.93. The Kier molecular flexibility index (Phi) is 4.77. The highest BCUT2D eigenvalue weighted by atomic mass is 35.5. The highest BCUT2D eigenvalue weighted by molar-refractivity contribution is 7.94. The summed E-state index contributed by atoms with van der Waals surface area (Å²) in [5, 5.41) is 10.9. The molecule has 1 N–H and O–H groups in total. The fraction of sp³-hybridized carbons (Fsp3) is 0.0833. The number of carboxylic acid groups (broad SMARTS) is 1. The molecule has 0 saturated heterocycles. The van der Waals surface area contributed by atoms with Gasteiger partial charge in [0.2, 0.25) is 0 Å². The molecule has 1 aromatic carbocycles. The molecular formula is C12H9Cl2NO4S2. The number of hydrogen-bond donors (Lipinski definition) is 1. The van der Waals surface area contributed by atoms with Crippen LogP contribution >= 0.6 is 34.5 Å². The number of sulfonamides is 1. The third kappa shape index (κ3) is 3.49. The molecule has 0 atom stereocenters. The predicted molar refractivity (Wildman–Crippen MR) is 82.9 cm³/mol. The zero-order valence-corrected chi connectivity index (χ0v) is 13.5. The van der Waals surface area contributed by atoms with Crippen LogP contribution in [0.4, 0.5) is 5.69 Å². The first-order chi connectivity index (χ1) is 9.82. The number of rotatable bonds is 5. The number of carboxylic acids is 1. The molecule has 0 spiro atoms. The fourth-order valence-corrected chi connectivity index (χ4v) is 4.58. The van der Waals surface area contributed by atoms with E-state index in [9.17, 15) is 13.2 Å². The van der Waals surface area contributed by atoms with Crippen LogP contribution < -0.4 is 4.31 Å². The molecule has 0 fully saturated rings. The van der Waals surface area contributed by atoms with Gasteiger partial charge in [-0.15, -0.1) is 11.3 Å². The lowest BCUT2D eigenvalue weighted by Gasteiger charge is -2.23. The van der Waals surface area contributed by atoms with E-state index in [0.717, 1.165) is 15.6 Å². The summed E-state index contributed by atoms with van der Waals surface area (Å²) >= 11 is 12.8. The smallest absolute Gasteiger partial charge is 0.324 e. The van der Waals surface area contributed by atoms with Crippen molar-refractivity contribution in [1.29, 1.82) is 0 Å². The topological polar surface area (TPSA) is 74.7 Å². The first kappa shape index (κ1) is 16.1. The van der Waals surface area contributed by atoms with Crippen molar-refractivity contribution in [2.45, 2.75) is 4.21 Å². The molecule has 2 aromatic rings. The second kappa shape index (κ2) is 6.23. The van der Waals surface area contributed by atoms with Crippen LogP contribution in [0.1, 0.15) is 0 Å². The molecule has 0 radical (unpaired) electrons. The number of anilines is 1. The van der Waals surface area contributed by atoms with Gasteiger partial charge < -0.3 is 5.11 Å². The second-order valence-electron chi connectivity index (χ2n) is 3.93. The van der Waals surface area contributed by atoms with Crippen molar-refractivity contribution in [3.8, 4) is 0 Å². The van der Waals surface area contributed by atoms with E-state index in [1.165, 1.54) is 24.3 Å². The maximum atomic E-state index is 12.6. The quantitative estimate of drug-likeness (QED) is 0.881. The van der Waals surface area contributed by atoms with Crippen LogP contribution in [0.15, 0.2) is 39.9 Å².